The maximum absolute atomic E-state index is 12.5. The van der Waals surface area contributed by atoms with E-state index < -0.39 is 29.5 Å². The SMILES string of the molecule is COC(=O)C(NC(=O)c1ccccc1)(C(=O)OC)C1CCCO1. The van der Waals surface area contributed by atoms with Crippen LogP contribution >= 0.6 is 0 Å². The summed E-state index contributed by atoms with van der Waals surface area (Å²) in [5.74, 6) is -2.42. The van der Waals surface area contributed by atoms with Crippen molar-refractivity contribution in [1.29, 1.82) is 0 Å². The second kappa shape index (κ2) is 7.23. The van der Waals surface area contributed by atoms with E-state index in [-0.39, 0.29) is 0 Å². The Hall–Kier alpha value is -2.41. The topological polar surface area (TPSA) is 90.9 Å². The molecular formula is C16H19NO6. The first-order chi connectivity index (χ1) is 11.1. The van der Waals surface area contributed by atoms with Crippen LogP contribution < -0.4 is 5.32 Å². The molecule has 0 bridgehead atoms. The minimum absolute atomic E-state index is 0.308. The molecule has 0 aromatic heterocycles. The van der Waals surface area contributed by atoms with Crippen molar-refractivity contribution in [3.05, 3.63) is 35.9 Å². The highest BCUT2D eigenvalue weighted by Crippen LogP contribution is 2.27. The molecule has 1 heterocycles. The molecule has 1 fully saturated rings. The van der Waals surface area contributed by atoms with Crippen molar-refractivity contribution in [2.45, 2.75) is 24.5 Å². The van der Waals surface area contributed by atoms with Gasteiger partial charge in [0.1, 0.15) is 6.10 Å². The highest BCUT2D eigenvalue weighted by atomic mass is 16.6. The molecular weight excluding hydrogens is 302 g/mol. The number of hydrogen-bond acceptors (Lipinski definition) is 6. The highest BCUT2D eigenvalue weighted by Gasteiger charge is 2.57. The minimum atomic E-state index is -2.02. The van der Waals surface area contributed by atoms with Gasteiger partial charge in [-0.3, -0.25) is 4.79 Å². The van der Waals surface area contributed by atoms with Crippen LogP contribution in [0.15, 0.2) is 30.3 Å². The van der Waals surface area contributed by atoms with E-state index in [9.17, 15) is 14.4 Å². The van der Waals surface area contributed by atoms with E-state index in [0.29, 0.717) is 25.0 Å². The zero-order valence-corrected chi connectivity index (χ0v) is 13.0. The van der Waals surface area contributed by atoms with Crippen molar-refractivity contribution >= 4 is 17.8 Å². The van der Waals surface area contributed by atoms with Crippen molar-refractivity contribution in [3.8, 4) is 0 Å². The van der Waals surface area contributed by atoms with Gasteiger partial charge in [-0.1, -0.05) is 18.2 Å². The number of carbonyl (C=O) groups excluding carboxylic acids is 3. The Labute approximate surface area is 133 Å². The van der Waals surface area contributed by atoms with Gasteiger partial charge in [-0.25, -0.2) is 9.59 Å². The Balaban J connectivity index is 2.40. The second-order valence-electron chi connectivity index (χ2n) is 5.11. The molecule has 2 rings (SSSR count). The Bertz CT molecular complexity index is 563. The van der Waals surface area contributed by atoms with Crippen LogP contribution in [0.1, 0.15) is 23.2 Å². The Kier molecular flexibility index (Phi) is 5.33. The van der Waals surface area contributed by atoms with E-state index in [2.05, 4.69) is 5.32 Å². The van der Waals surface area contributed by atoms with Gasteiger partial charge in [-0.2, -0.15) is 0 Å². The molecule has 1 saturated heterocycles. The normalized spacial score (nSPS) is 17.4. The number of amides is 1. The first-order valence-corrected chi connectivity index (χ1v) is 7.22. The molecule has 0 spiro atoms. The molecule has 124 valence electrons. The predicted octanol–water partition coefficient (Wildman–Crippen LogP) is 0.680. The van der Waals surface area contributed by atoms with Gasteiger partial charge in [0.25, 0.3) is 11.4 Å². The molecule has 1 aliphatic heterocycles. The molecule has 1 aromatic carbocycles. The Morgan fingerprint density at radius 2 is 1.74 bits per heavy atom. The zero-order chi connectivity index (χ0) is 16.9. The van der Waals surface area contributed by atoms with Gasteiger partial charge in [0, 0.05) is 12.2 Å². The molecule has 1 aromatic rings. The van der Waals surface area contributed by atoms with Gasteiger partial charge < -0.3 is 19.5 Å². The number of esters is 2. The van der Waals surface area contributed by atoms with E-state index in [1.54, 1.807) is 30.3 Å². The van der Waals surface area contributed by atoms with Crippen molar-refractivity contribution < 1.29 is 28.6 Å². The molecule has 0 aliphatic carbocycles. The third-order valence-corrected chi connectivity index (χ3v) is 3.77. The lowest BCUT2D eigenvalue weighted by Crippen LogP contribution is -2.67. The lowest BCUT2D eigenvalue weighted by Gasteiger charge is -2.33. The summed E-state index contributed by atoms with van der Waals surface area (Å²) in [6.45, 7) is 0.390. The Morgan fingerprint density at radius 1 is 1.13 bits per heavy atom. The third kappa shape index (κ3) is 3.19. The summed E-state index contributed by atoms with van der Waals surface area (Å²) in [5.41, 5.74) is -1.71. The molecule has 23 heavy (non-hydrogen) atoms. The number of carbonyl (C=O) groups is 3. The monoisotopic (exact) mass is 321 g/mol. The predicted molar refractivity (Wildman–Crippen MR) is 79.6 cm³/mol. The number of rotatable bonds is 5. The molecule has 1 amide bonds. The van der Waals surface area contributed by atoms with Gasteiger partial charge in [-0.15, -0.1) is 0 Å². The fraction of sp³-hybridized carbons (Fsp3) is 0.438. The standard InChI is InChI=1S/C16H19NO6/c1-21-14(19)16(15(20)22-2,12-9-6-10-23-12)17-13(18)11-7-4-3-5-8-11/h3-5,7-8,12H,6,9-10H2,1-2H3,(H,17,18). The van der Waals surface area contributed by atoms with E-state index in [4.69, 9.17) is 14.2 Å². The third-order valence-electron chi connectivity index (χ3n) is 3.77. The van der Waals surface area contributed by atoms with Crippen molar-refractivity contribution in [2.24, 2.45) is 0 Å². The summed E-state index contributed by atoms with van der Waals surface area (Å²) in [4.78, 5) is 37.2. The van der Waals surface area contributed by atoms with Gasteiger partial charge in [0.15, 0.2) is 0 Å². The molecule has 1 unspecified atom stereocenters. The van der Waals surface area contributed by atoms with Crippen LogP contribution in [0.4, 0.5) is 0 Å². The number of benzene rings is 1. The number of methoxy groups -OCH3 is 2. The lowest BCUT2D eigenvalue weighted by molar-refractivity contribution is -0.170. The molecule has 1 N–H and O–H groups in total. The first kappa shape index (κ1) is 17.0. The van der Waals surface area contributed by atoms with Crippen LogP contribution in [0.2, 0.25) is 0 Å². The van der Waals surface area contributed by atoms with Crippen LogP contribution in [-0.2, 0) is 23.8 Å². The van der Waals surface area contributed by atoms with Crippen molar-refractivity contribution in [3.63, 3.8) is 0 Å². The summed E-state index contributed by atoms with van der Waals surface area (Å²) >= 11 is 0. The summed E-state index contributed by atoms with van der Waals surface area (Å²) in [7, 11) is 2.29. The summed E-state index contributed by atoms with van der Waals surface area (Å²) < 4.78 is 15.0. The van der Waals surface area contributed by atoms with E-state index in [1.807, 2.05) is 0 Å². The molecule has 0 saturated carbocycles. The lowest BCUT2D eigenvalue weighted by atomic mass is 9.89. The maximum atomic E-state index is 12.5. The number of ether oxygens (including phenoxy) is 3. The zero-order valence-electron chi connectivity index (χ0n) is 13.0. The van der Waals surface area contributed by atoms with Crippen molar-refractivity contribution in [1.82, 2.24) is 5.32 Å². The van der Waals surface area contributed by atoms with Crippen LogP contribution in [0.3, 0.4) is 0 Å². The second-order valence-corrected chi connectivity index (χ2v) is 5.11. The Morgan fingerprint density at radius 3 is 2.22 bits per heavy atom. The maximum Gasteiger partial charge on any atom is 0.346 e. The molecule has 0 radical (unpaired) electrons. The smallest absolute Gasteiger partial charge is 0.346 e. The van der Waals surface area contributed by atoms with Gasteiger partial charge >= 0.3 is 11.9 Å². The molecule has 1 aliphatic rings. The first-order valence-electron chi connectivity index (χ1n) is 7.22. The largest absolute Gasteiger partial charge is 0.467 e. The molecule has 7 nitrogen and oxygen atoms in total. The van der Waals surface area contributed by atoms with Crippen LogP contribution in [0.5, 0.6) is 0 Å². The molecule has 1 atom stereocenters. The van der Waals surface area contributed by atoms with Gasteiger partial charge in [0.05, 0.1) is 14.2 Å². The van der Waals surface area contributed by atoms with Gasteiger partial charge in [-0.05, 0) is 25.0 Å². The fourth-order valence-corrected chi connectivity index (χ4v) is 2.61. The summed E-state index contributed by atoms with van der Waals surface area (Å²) in [5, 5.41) is 2.48. The quantitative estimate of drug-likeness (QED) is 0.633. The van der Waals surface area contributed by atoms with Crippen LogP contribution in [0, 0.1) is 0 Å². The van der Waals surface area contributed by atoms with Crippen LogP contribution in [-0.4, -0.2) is 50.3 Å². The summed E-state index contributed by atoms with van der Waals surface area (Å²) in [6, 6.07) is 8.26. The number of hydrogen-bond donors (Lipinski definition) is 1. The van der Waals surface area contributed by atoms with Crippen molar-refractivity contribution in [2.75, 3.05) is 20.8 Å². The highest BCUT2D eigenvalue weighted by molar-refractivity contribution is 6.10. The minimum Gasteiger partial charge on any atom is -0.467 e. The van der Waals surface area contributed by atoms with Gasteiger partial charge in [0.2, 0.25) is 0 Å². The van der Waals surface area contributed by atoms with E-state index in [0.717, 1.165) is 14.2 Å². The average molecular weight is 321 g/mol. The molecule has 7 heteroatoms. The fourth-order valence-electron chi connectivity index (χ4n) is 2.61. The average Bonchev–Trinajstić information content (AvgIpc) is 3.13. The number of nitrogens with one attached hydrogen (secondary N) is 1. The van der Waals surface area contributed by atoms with Crippen LogP contribution in [0.25, 0.3) is 0 Å². The summed E-state index contributed by atoms with van der Waals surface area (Å²) in [6.07, 6.45) is 0.260. The van der Waals surface area contributed by atoms with E-state index >= 15 is 0 Å². The van der Waals surface area contributed by atoms with E-state index in [1.165, 1.54) is 0 Å².